The van der Waals surface area contributed by atoms with Crippen LogP contribution in [0, 0.1) is 19.3 Å². The van der Waals surface area contributed by atoms with Crippen LogP contribution in [-0.4, -0.2) is 60.1 Å². The van der Waals surface area contributed by atoms with Crippen molar-refractivity contribution in [1.82, 2.24) is 9.80 Å². The van der Waals surface area contributed by atoms with Gasteiger partial charge in [0.05, 0.1) is 6.61 Å². The zero-order valence-corrected chi connectivity index (χ0v) is 19.6. The van der Waals surface area contributed by atoms with Crippen LogP contribution in [0.2, 0.25) is 0 Å². The van der Waals surface area contributed by atoms with Crippen molar-refractivity contribution in [2.75, 3.05) is 38.2 Å². The first kappa shape index (κ1) is 21.5. The molecule has 3 heterocycles. The first-order chi connectivity index (χ1) is 15.4. The molecule has 0 unspecified atom stereocenters. The number of carbonyl (C=O) groups is 1. The fourth-order valence-electron chi connectivity index (χ4n) is 6.10. The number of aliphatic hydroxyl groups is 1. The van der Waals surface area contributed by atoms with E-state index in [1.807, 2.05) is 17.0 Å². The predicted molar refractivity (Wildman–Crippen MR) is 128 cm³/mol. The Kier molecular flexibility index (Phi) is 5.50. The second-order valence-electron chi connectivity index (χ2n) is 10.2. The minimum atomic E-state index is -0.0524. The fourth-order valence-corrected chi connectivity index (χ4v) is 6.10. The van der Waals surface area contributed by atoms with E-state index in [0.29, 0.717) is 6.54 Å². The minimum Gasteiger partial charge on any atom is -0.396 e. The summed E-state index contributed by atoms with van der Waals surface area (Å²) in [7, 11) is 2.14. The normalized spacial score (nSPS) is 25.6. The third kappa shape index (κ3) is 3.61. The van der Waals surface area contributed by atoms with E-state index in [2.05, 4.69) is 55.0 Å². The molecule has 32 heavy (non-hydrogen) atoms. The van der Waals surface area contributed by atoms with Crippen molar-refractivity contribution >= 4 is 11.6 Å². The number of aryl methyl sites for hydroxylation is 2. The van der Waals surface area contributed by atoms with Crippen LogP contribution < -0.4 is 4.90 Å². The standard InChI is InChI=1S/C27H35N3O2/c1-19-12-22-15-30(16-23(22)13-20(19)2)24-7-4-6-21(14-24)26(32)29-11-9-27(18-31)8-5-10-28(3)25(27)17-29/h4,6-7,12-14,25,31H,5,8-11,15-18H2,1-3H3/t25-,27-/m1/s1. The molecule has 1 N–H and O–H groups in total. The number of likely N-dealkylation sites (N-methyl/N-ethyl adjacent to an activating group) is 1. The van der Waals surface area contributed by atoms with Gasteiger partial charge in [0.15, 0.2) is 0 Å². The van der Waals surface area contributed by atoms with Crippen molar-refractivity contribution < 1.29 is 9.90 Å². The van der Waals surface area contributed by atoms with E-state index >= 15 is 0 Å². The lowest BCUT2D eigenvalue weighted by molar-refractivity contribution is -0.0601. The number of likely N-dealkylation sites (tertiary alicyclic amines) is 2. The summed E-state index contributed by atoms with van der Waals surface area (Å²) in [6, 6.07) is 13.0. The largest absolute Gasteiger partial charge is 0.396 e. The van der Waals surface area contributed by atoms with Crippen LogP contribution in [0.1, 0.15) is 51.9 Å². The lowest BCUT2D eigenvalue weighted by Crippen LogP contribution is -2.62. The Bertz CT molecular complexity index is 1000. The van der Waals surface area contributed by atoms with Gasteiger partial charge in [-0.05, 0) is 87.2 Å². The summed E-state index contributed by atoms with van der Waals surface area (Å²) < 4.78 is 0. The van der Waals surface area contributed by atoms with E-state index in [0.717, 1.165) is 56.7 Å². The molecule has 0 aromatic heterocycles. The molecule has 5 heteroatoms. The van der Waals surface area contributed by atoms with E-state index in [-0.39, 0.29) is 24.0 Å². The van der Waals surface area contributed by atoms with Gasteiger partial charge in [-0.15, -0.1) is 0 Å². The third-order valence-electron chi connectivity index (χ3n) is 8.30. The Morgan fingerprint density at radius 3 is 2.47 bits per heavy atom. The zero-order chi connectivity index (χ0) is 22.5. The highest BCUT2D eigenvalue weighted by atomic mass is 16.3. The summed E-state index contributed by atoms with van der Waals surface area (Å²) in [6.45, 7) is 8.81. The van der Waals surface area contributed by atoms with E-state index in [1.54, 1.807) is 0 Å². The Hall–Kier alpha value is -2.37. The van der Waals surface area contributed by atoms with Crippen LogP contribution in [0.25, 0.3) is 0 Å². The van der Waals surface area contributed by atoms with Crippen molar-refractivity contribution in [3.8, 4) is 0 Å². The highest BCUT2D eigenvalue weighted by Gasteiger charge is 2.47. The number of piperidine rings is 2. The number of fused-ring (bicyclic) bond motifs is 2. The second kappa shape index (κ2) is 8.20. The lowest BCUT2D eigenvalue weighted by Gasteiger charge is -2.53. The summed E-state index contributed by atoms with van der Waals surface area (Å²) in [6.07, 6.45) is 3.06. The predicted octanol–water partition coefficient (Wildman–Crippen LogP) is 3.74. The van der Waals surface area contributed by atoms with Gasteiger partial charge in [0.1, 0.15) is 0 Å². The SMILES string of the molecule is Cc1cc2c(cc1C)CN(c1cccc(C(=O)N3CC[C@@]4(CO)CCCN(C)[C@@H]4C3)c1)C2. The molecular weight excluding hydrogens is 398 g/mol. The van der Waals surface area contributed by atoms with E-state index < -0.39 is 0 Å². The molecule has 0 radical (unpaired) electrons. The molecule has 0 aliphatic carbocycles. The van der Waals surface area contributed by atoms with Gasteiger partial charge in [0.2, 0.25) is 0 Å². The average Bonchev–Trinajstić information content (AvgIpc) is 3.21. The van der Waals surface area contributed by atoms with Gasteiger partial charge < -0.3 is 19.8 Å². The Labute approximate surface area is 191 Å². The number of aliphatic hydroxyl groups excluding tert-OH is 1. The summed E-state index contributed by atoms with van der Waals surface area (Å²) in [5.74, 6) is 0.112. The highest BCUT2D eigenvalue weighted by molar-refractivity contribution is 5.95. The number of nitrogens with zero attached hydrogens (tertiary/aromatic N) is 3. The summed E-state index contributed by atoms with van der Waals surface area (Å²) in [5, 5.41) is 10.2. The monoisotopic (exact) mass is 433 g/mol. The maximum absolute atomic E-state index is 13.5. The molecule has 3 aliphatic heterocycles. The fraction of sp³-hybridized carbons (Fsp3) is 0.519. The first-order valence-corrected chi connectivity index (χ1v) is 11.9. The molecule has 2 saturated heterocycles. The number of rotatable bonds is 3. The minimum absolute atomic E-state index is 0.0524. The third-order valence-corrected chi connectivity index (χ3v) is 8.30. The number of amides is 1. The lowest BCUT2D eigenvalue weighted by atomic mass is 9.69. The van der Waals surface area contributed by atoms with Crippen molar-refractivity contribution in [1.29, 1.82) is 0 Å². The van der Waals surface area contributed by atoms with Gasteiger partial charge >= 0.3 is 0 Å². The first-order valence-electron chi connectivity index (χ1n) is 11.9. The molecule has 170 valence electrons. The number of hydrogen-bond acceptors (Lipinski definition) is 4. The quantitative estimate of drug-likeness (QED) is 0.801. The molecular formula is C27H35N3O2. The zero-order valence-electron chi connectivity index (χ0n) is 19.6. The summed E-state index contributed by atoms with van der Waals surface area (Å²) in [4.78, 5) is 20.2. The molecule has 2 fully saturated rings. The molecule has 2 atom stereocenters. The van der Waals surface area contributed by atoms with Crippen LogP contribution >= 0.6 is 0 Å². The van der Waals surface area contributed by atoms with Crippen molar-refractivity contribution in [2.24, 2.45) is 5.41 Å². The van der Waals surface area contributed by atoms with Gasteiger partial charge in [-0.3, -0.25) is 4.79 Å². The van der Waals surface area contributed by atoms with Crippen LogP contribution in [0.5, 0.6) is 0 Å². The van der Waals surface area contributed by atoms with Crippen molar-refractivity contribution in [3.63, 3.8) is 0 Å². The second-order valence-corrected chi connectivity index (χ2v) is 10.2. The van der Waals surface area contributed by atoms with Gasteiger partial charge in [0, 0.05) is 48.9 Å². The van der Waals surface area contributed by atoms with Crippen molar-refractivity contribution in [3.05, 3.63) is 64.2 Å². The number of hydrogen-bond donors (Lipinski definition) is 1. The van der Waals surface area contributed by atoms with E-state index in [9.17, 15) is 9.90 Å². The number of anilines is 1. The van der Waals surface area contributed by atoms with Crippen LogP contribution in [0.4, 0.5) is 5.69 Å². The van der Waals surface area contributed by atoms with Gasteiger partial charge in [0.25, 0.3) is 5.91 Å². The highest BCUT2D eigenvalue weighted by Crippen LogP contribution is 2.42. The number of benzene rings is 2. The average molecular weight is 434 g/mol. The Balaban J connectivity index is 1.33. The molecule has 0 spiro atoms. The number of carbonyl (C=O) groups excluding carboxylic acids is 1. The molecule has 5 rings (SSSR count). The van der Waals surface area contributed by atoms with Gasteiger partial charge in [-0.1, -0.05) is 18.2 Å². The molecule has 3 aliphatic rings. The van der Waals surface area contributed by atoms with E-state index in [4.69, 9.17) is 0 Å². The molecule has 2 aromatic rings. The van der Waals surface area contributed by atoms with Crippen LogP contribution in [0.3, 0.4) is 0 Å². The summed E-state index contributed by atoms with van der Waals surface area (Å²) in [5.41, 5.74) is 7.28. The van der Waals surface area contributed by atoms with Crippen molar-refractivity contribution in [2.45, 2.75) is 52.2 Å². The molecule has 1 amide bonds. The molecule has 2 aromatic carbocycles. The molecule has 0 bridgehead atoms. The van der Waals surface area contributed by atoms with Gasteiger partial charge in [-0.25, -0.2) is 0 Å². The van der Waals surface area contributed by atoms with Crippen LogP contribution in [0.15, 0.2) is 36.4 Å². The Morgan fingerprint density at radius 2 is 1.78 bits per heavy atom. The smallest absolute Gasteiger partial charge is 0.253 e. The van der Waals surface area contributed by atoms with Crippen LogP contribution in [-0.2, 0) is 13.1 Å². The molecule has 0 saturated carbocycles. The topological polar surface area (TPSA) is 47.0 Å². The maximum Gasteiger partial charge on any atom is 0.253 e. The summed E-state index contributed by atoms with van der Waals surface area (Å²) >= 11 is 0. The Morgan fingerprint density at radius 1 is 1.06 bits per heavy atom. The van der Waals surface area contributed by atoms with Gasteiger partial charge in [-0.2, -0.15) is 0 Å². The maximum atomic E-state index is 13.5. The molecule has 5 nitrogen and oxygen atoms in total. The van der Waals surface area contributed by atoms with E-state index in [1.165, 1.54) is 22.3 Å².